The average molecular weight is 155 g/mol. The molecule has 0 spiro atoms. The first-order chi connectivity index (χ1) is 3.70. The standard InChI is InChI=1S/C4H4Cl2O2/c5-2-1-3(7)8-4(2)6/h2,4H,1H2. The largest absolute Gasteiger partial charge is 0.444 e. The van der Waals surface area contributed by atoms with Crippen molar-refractivity contribution in [2.45, 2.75) is 17.4 Å². The molecule has 2 atom stereocenters. The molecular weight excluding hydrogens is 151 g/mol. The van der Waals surface area contributed by atoms with E-state index in [4.69, 9.17) is 23.2 Å². The Bertz CT molecular complexity index is 103. The predicted molar refractivity (Wildman–Crippen MR) is 30.0 cm³/mol. The lowest BCUT2D eigenvalue weighted by molar-refractivity contribution is -0.139. The highest BCUT2D eigenvalue weighted by Crippen LogP contribution is 2.22. The van der Waals surface area contributed by atoms with Gasteiger partial charge in [0.25, 0.3) is 0 Å². The first-order valence-electron chi connectivity index (χ1n) is 2.18. The van der Waals surface area contributed by atoms with E-state index in [0.29, 0.717) is 0 Å². The zero-order valence-corrected chi connectivity index (χ0v) is 5.45. The fraction of sp³-hybridized carbons (Fsp3) is 0.750. The normalized spacial score (nSPS) is 37.5. The molecule has 0 amide bonds. The molecular formula is C4H4Cl2O2. The summed E-state index contributed by atoms with van der Waals surface area (Å²) in [5.41, 5.74) is -0.621. The van der Waals surface area contributed by atoms with Gasteiger partial charge in [0.15, 0.2) is 5.56 Å². The lowest BCUT2D eigenvalue weighted by atomic mass is 10.4. The van der Waals surface area contributed by atoms with Crippen molar-refractivity contribution in [3.63, 3.8) is 0 Å². The molecule has 1 aliphatic heterocycles. The number of hydrogen-bond donors (Lipinski definition) is 0. The van der Waals surface area contributed by atoms with Gasteiger partial charge in [-0.1, -0.05) is 11.6 Å². The van der Waals surface area contributed by atoms with Gasteiger partial charge in [0, 0.05) is 0 Å². The van der Waals surface area contributed by atoms with Gasteiger partial charge in [-0.15, -0.1) is 11.6 Å². The van der Waals surface area contributed by atoms with Crippen molar-refractivity contribution >= 4 is 29.2 Å². The van der Waals surface area contributed by atoms with Crippen LogP contribution in [-0.2, 0) is 9.53 Å². The number of esters is 1. The minimum absolute atomic E-state index is 0.232. The number of cyclic esters (lactones) is 1. The molecule has 1 fully saturated rings. The summed E-state index contributed by atoms with van der Waals surface area (Å²) in [5, 5.41) is -0.343. The van der Waals surface area contributed by atoms with Crippen molar-refractivity contribution in [2.75, 3.05) is 0 Å². The maximum Gasteiger partial charge on any atom is 0.309 e. The predicted octanol–water partition coefficient (Wildman–Crippen LogP) is 1.11. The van der Waals surface area contributed by atoms with Crippen LogP contribution in [0.15, 0.2) is 0 Å². The summed E-state index contributed by atoms with van der Waals surface area (Å²) in [6.07, 6.45) is 0.232. The van der Waals surface area contributed by atoms with Crippen molar-refractivity contribution in [3.05, 3.63) is 0 Å². The van der Waals surface area contributed by atoms with E-state index in [1.54, 1.807) is 0 Å². The van der Waals surface area contributed by atoms with Crippen LogP contribution in [-0.4, -0.2) is 16.9 Å². The summed E-state index contributed by atoms with van der Waals surface area (Å²) in [6, 6.07) is 0. The molecule has 4 heteroatoms. The van der Waals surface area contributed by atoms with Gasteiger partial charge in [-0.25, -0.2) is 0 Å². The molecule has 0 aromatic heterocycles. The molecule has 1 saturated heterocycles. The monoisotopic (exact) mass is 154 g/mol. The quantitative estimate of drug-likeness (QED) is 0.386. The number of ether oxygens (including phenoxy) is 1. The maximum absolute atomic E-state index is 10.3. The van der Waals surface area contributed by atoms with Crippen LogP contribution in [0.5, 0.6) is 0 Å². The van der Waals surface area contributed by atoms with Crippen LogP contribution < -0.4 is 0 Å². The van der Waals surface area contributed by atoms with Crippen molar-refractivity contribution in [3.8, 4) is 0 Å². The van der Waals surface area contributed by atoms with Crippen molar-refractivity contribution in [1.29, 1.82) is 0 Å². The number of alkyl halides is 2. The van der Waals surface area contributed by atoms with Gasteiger partial charge in [0.05, 0.1) is 11.8 Å². The summed E-state index contributed by atoms with van der Waals surface area (Å²) >= 11 is 10.9. The lowest BCUT2D eigenvalue weighted by Crippen LogP contribution is -2.05. The summed E-state index contributed by atoms with van der Waals surface area (Å²) < 4.78 is 4.47. The summed E-state index contributed by atoms with van der Waals surface area (Å²) in [7, 11) is 0. The molecule has 0 bridgehead atoms. The minimum Gasteiger partial charge on any atom is -0.444 e. The molecule has 0 N–H and O–H groups in total. The van der Waals surface area contributed by atoms with E-state index >= 15 is 0 Å². The van der Waals surface area contributed by atoms with Crippen LogP contribution in [0.1, 0.15) is 6.42 Å². The zero-order chi connectivity index (χ0) is 6.15. The number of carbonyl (C=O) groups is 1. The second-order valence-electron chi connectivity index (χ2n) is 1.56. The van der Waals surface area contributed by atoms with E-state index in [9.17, 15) is 4.79 Å². The second kappa shape index (κ2) is 2.11. The highest BCUT2D eigenvalue weighted by Gasteiger charge is 2.30. The first-order valence-corrected chi connectivity index (χ1v) is 3.05. The van der Waals surface area contributed by atoms with Crippen LogP contribution in [0.3, 0.4) is 0 Å². The molecule has 0 aromatic rings. The number of halogens is 2. The second-order valence-corrected chi connectivity index (χ2v) is 2.55. The van der Waals surface area contributed by atoms with Gasteiger partial charge in [-0.3, -0.25) is 4.79 Å². The third-order valence-corrected chi connectivity index (χ3v) is 1.80. The molecule has 1 aliphatic rings. The number of hydrogen-bond acceptors (Lipinski definition) is 2. The van der Waals surface area contributed by atoms with E-state index in [0.717, 1.165) is 0 Å². The van der Waals surface area contributed by atoms with Gasteiger partial charge in [-0.05, 0) is 0 Å². The van der Waals surface area contributed by atoms with Gasteiger partial charge >= 0.3 is 5.97 Å². The van der Waals surface area contributed by atoms with E-state index in [2.05, 4.69) is 4.74 Å². The van der Waals surface area contributed by atoms with Crippen LogP contribution in [0, 0.1) is 0 Å². The van der Waals surface area contributed by atoms with Crippen molar-refractivity contribution in [2.24, 2.45) is 0 Å². The van der Waals surface area contributed by atoms with E-state index < -0.39 is 5.56 Å². The summed E-state index contributed by atoms with van der Waals surface area (Å²) in [6.45, 7) is 0. The van der Waals surface area contributed by atoms with E-state index in [-0.39, 0.29) is 17.8 Å². The van der Waals surface area contributed by atoms with E-state index in [1.165, 1.54) is 0 Å². The van der Waals surface area contributed by atoms with Crippen LogP contribution >= 0.6 is 23.2 Å². The van der Waals surface area contributed by atoms with Gasteiger partial charge in [0.1, 0.15) is 0 Å². The Morgan fingerprint density at radius 3 is 2.38 bits per heavy atom. The molecule has 2 nitrogen and oxygen atoms in total. The van der Waals surface area contributed by atoms with Crippen LogP contribution in [0.25, 0.3) is 0 Å². The Morgan fingerprint density at radius 1 is 1.62 bits per heavy atom. The first kappa shape index (κ1) is 6.17. The Balaban J connectivity index is 2.51. The number of rotatable bonds is 0. The van der Waals surface area contributed by atoms with Gasteiger partial charge in [0.2, 0.25) is 0 Å². The van der Waals surface area contributed by atoms with E-state index in [1.807, 2.05) is 0 Å². The van der Waals surface area contributed by atoms with Gasteiger partial charge in [-0.2, -0.15) is 0 Å². The maximum atomic E-state index is 10.3. The molecule has 8 heavy (non-hydrogen) atoms. The molecule has 46 valence electrons. The third kappa shape index (κ3) is 1.06. The molecule has 1 rings (SSSR count). The Morgan fingerprint density at radius 2 is 2.25 bits per heavy atom. The molecule has 1 heterocycles. The highest BCUT2D eigenvalue weighted by atomic mass is 35.5. The SMILES string of the molecule is O=C1CC(Cl)C(Cl)O1. The fourth-order valence-electron chi connectivity index (χ4n) is 0.499. The zero-order valence-electron chi connectivity index (χ0n) is 3.93. The fourth-order valence-corrected chi connectivity index (χ4v) is 0.865. The summed E-state index contributed by atoms with van der Waals surface area (Å²) in [5.74, 6) is -0.315. The molecule has 0 aliphatic carbocycles. The Kier molecular flexibility index (Phi) is 1.63. The number of carbonyl (C=O) groups excluding carboxylic acids is 1. The van der Waals surface area contributed by atoms with Crippen LogP contribution in [0.2, 0.25) is 0 Å². The lowest BCUT2D eigenvalue weighted by Gasteiger charge is -1.98. The third-order valence-electron chi connectivity index (χ3n) is 0.890. The molecule has 2 unspecified atom stereocenters. The Labute approximate surface area is 56.7 Å². The topological polar surface area (TPSA) is 26.3 Å². The van der Waals surface area contributed by atoms with Crippen LogP contribution in [0.4, 0.5) is 0 Å². The van der Waals surface area contributed by atoms with Crippen molar-refractivity contribution < 1.29 is 9.53 Å². The smallest absolute Gasteiger partial charge is 0.309 e. The average Bonchev–Trinajstić information content (AvgIpc) is 1.85. The molecule has 0 aromatic carbocycles. The van der Waals surface area contributed by atoms with Gasteiger partial charge < -0.3 is 4.74 Å². The van der Waals surface area contributed by atoms with Crippen molar-refractivity contribution in [1.82, 2.24) is 0 Å². The highest BCUT2D eigenvalue weighted by molar-refractivity contribution is 6.31. The summed E-state index contributed by atoms with van der Waals surface area (Å²) in [4.78, 5) is 10.3. The minimum atomic E-state index is -0.621. The molecule has 0 radical (unpaired) electrons. The Hall–Kier alpha value is 0.0500. The molecule has 0 saturated carbocycles.